The van der Waals surface area contributed by atoms with E-state index in [1.807, 2.05) is 20.8 Å². The van der Waals surface area contributed by atoms with Gasteiger partial charge < -0.3 is 14.5 Å². The van der Waals surface area contributed by atoms with Crippen LogP contribution in [0.4, 0.5) is 0 Å². The van der Waals surface area contributed by atoms with Gasteiger partial charge in [-0.05, 0) is 24.9 Å². The number of hydrogen-bond acceptors (Lipinski definition) is 3. The SMILES string of the molecule is CCCCC(O[SiH](C)C)(B(O)O)C(C)(C)C. The summed E-state index contributed by atoms with van der Waals surface area (Å²) in [5.41, 5.74) is -1.09. The molecule has 0 fully saturated rings. The van der Waals surface area contributed by atoms with Crippen LogP contribution < -0.4 is 0 Å². The maximum Gasteiger partial charge on any atom is 0.485 e. The van der Waals surface area contributed by atoms with Gasteiger partial charge in [0.15, 0.2) is 9.04 Å². The predicted octanol–water partition coefficient (Wildman–Crippen LogP) is 1.97. The molecule has 0 aromatic carbocycles. The summed E-state index contributed by atoms with van der Waals surface area (Å²) in [4.78, 5) is 0. The monoisotopic (exact) mass is 246 g/mol. The first-order chi connectivity index (χ1) is 7.17. The molecule has 1 unspecified atom stereocenters. The van der Waals surface area contributed by atoms with E-state index in [-0.39, 0.29) is 5.41 Å². The Balaban J connectivity index is 5.06. The Morgan fingerprint density at radius 1 is 1.19 bits per heavy atom. The summed E-state index contributed by atoms with van der Waals surface area (Å²) in [6.45, 7) is 12.3. The highest BCUT2D eigenvalue weighted by Crippen LogP contribution is 2.39. The smallest absolute Gasteiger partial charge is 0.425 e. The van der Waals surface area contributed by atoms with Crippen LogP contribution >= 0.6 is 0 Å². The molecule has 3 nitrogen and oxygen atoms in total. The van der Waals surface area contributed by atoms with Crippen molar-refractivity contribution in [1.82, 2.24) is 0 Å². The van der Waals surface area contributed by atoms with Gasteiger partial charge in [-0.1, -0.05) is 40.5 Å². The molecule has 0 saturated carbocycles. The highest BCUT2D eigenvalue weighted by Gasteiger charge is 2.51. The average molecular weight is 246 g/mol. The van der Waals surface area contributed by atoms with Crippen molar-refractivity contribution in [2.24, 2.45) is 5.41 Å². The molecular weight excluding hydrogens is 219 g/mol. The van der Waals surface area contributed by atoms with Crippen LogP contribution in [-0.4, -0.2) is 31.7 Å². The lowest BCUT2D eigenvalue weighted by Gasteiger charge is -2.45. The number of unbranched alkanes of at least 4 members (excludes halogenated alkanes) is 1. The van der Waals surface area contributed by atoms with Crippen molar-refractivity contribution in [2.45, 2.75) is 65.6 Å². The summed E-state index contributed by atoms with van der Waals surface area (Å²) in [7, 11) is -2.72. The van der Waals surface area contributed by atoms with Gasteiger partial charge in [0.2, 0.25) is 0 Å². The second-order valence-corrected chi connectivity index (χ2v) is 8.12. The highest BCUT2D eigenvalue weighted by atomic mass is 28.3. The van der Waals surface area contributed by atoms with Crippen LogP contribution in [0.15, 0.2) is 0 Å². The molecule has 0 saturated heterocycles. The summed E-state index contributed by atoms with van der Waals surface area (Å²) < 4.78 is 6.00. The molecule has 96 valence electrons. The van der Waals surface area contributed by atoms with Gasteiger partial charge in [0.25, 0.3) is 0 Å². The van der Waals surface area contributed by atoms with Crippen molar-refractivity contribution in [3.05, 3.63) is 0 Å². The minimum Gasteiger partial charge on any atom is -0.425 e. The van der Waals surface area contributed by atoms with Crippen molar-refractivity contribution in [3.63, 3.8) is 0 Å². The average Bonchev–Trinajstić information content (AvgIpc) is 2.09. The highest BCUT2D eigenvalue weighted by molar-refractivity contribution is 6.52. The summed E-state index contributed by atoms with van der Waals surface area (Å²) in [5.74, 6) is 0. The molecular formula is C11H27BO3Si. The Morgan fingerprint density at radius 3 is 1.94 bits per heavy atom. The lowest BCUT2D eigenvalue weighted by atomic mass is 9.53. The number of rotatable bonds is 6. The van der Waals surface area contributed by atoms with E-state index in [1.54, 1.807) is 0 Å². The second-order valence-electron chi connectivity index (χ2n) is 5.78. The Bertz CT molecular complexity index is 204. The van der Waals surface area contributed by atoms with Crippen molar-refractivity contribution in [3.8, 4) is 0 Å². The van der Waals surface area contributed by atoms with Crippen LogP contribution in [-0.2, 0) is 4.43 Å². The fourth-order valence-corrected chi connectivity index (χ4v) is 3.48. The van der Waals surface area contributed by atoms with Crippen LogP contribution in [0, 0.1) is 5.41 Å². The summed E-state index contributed by atoms with van der Waals surface area (Å²) in [6, 6.07) is 0. The van der Waals surface area contributed by atoms with Gasteiger partial charge in [0.05, 0.1) is 5.50 Å². The van der Waals surface area contributed by atoms with Crippen molar-refractivity contribution < 1.29 is 14.5 Å². The fraction of sp³-hybridized carbons (Fsp3) is 1.00. The first-order valence-electron chi connectivity index (χ1n) is 6.21. The van der Waals surface area contributed by atoms with E-state index in [0.29, 0.717) is 6.42 Å². The molecule has 0 heterocycles. The Hall–Kier alpha value is 0.162. The molecule has 0 aliphatic heterocycles. The van der Waals surface area contributed by atoms with Gasteiger partial charge in [-0.3, -0.25) is 0 Å². The van der Waals surface area contributed by atoms with Crippen LogP contribution in [0.3, 0.4) is 0 Å². The Morgan fingerprint density at radius 2 is 1.69 bits per heavy atom. The Labute approximate surface area is 102 Å². The maximum absolute atomic E-state index is 9.73. The third-order valence-corrected chi connectivity index (χ3v) is 3.93. The predicted molar refractivity (Wildman–Crippen MR) is 71.9 cm³/mol. The zero-order chi connectivity index (χ0) is 13.0. The van der Waals surface area contributed by atoms with Crippen molar-refractivity contribution in [2.75, 3.05) is 0 Å². The molecule has 0 rings (SSSR count). The summed E-state index contributed by atoms with van der Waals surface area (Å²) >= 11 is 0. The first kappa shape index (κ1) is 16.2. The van der Waals surface area contributed by atoms with Gasteiger partial charge in [0, 0.05) is 0 Å². The largest absolute Gasteiger partial charge is 0.485 e. The van der Waals surface area contributed by atoms with Crippen LogP contribution in [0.1, 0.15) is 47.0 Å². The van der Waals surface area contributed by atoms with Crippen LogP contribution in [0.2, 0.25) is 13.1 Å². The summed E-state index contributed by atoms with van der Waals surface area (Å²) in [6.07, 6.45) is 2.69. The lowest BCUT2D eigenvalue weighted by molar-refractivity contribution is -0.000559. The molecule has 0 bridgehead atoms. The van der Waals surface area contributed by atoms with Crippen molar-refractivity contribution in [1.29, 1.82) is 0 Å². The molecule has 5 heteroatoms. The molecule has 0 aromatic heterocycles. The molecule has 0 amide bonds. The fourth-order valence-electron chi connectivity index (χ4n) is 2.05. The standard InChI is InChI=1S/C11H27BO3Si/c1-7-8-9-11(12(13)14,10(2,3)4)15-16(5)6/h13-14,16H,7-9H2,1-6H3. The molecule has 0 radical (unpaired) electrons. The summed E-state index contributed by atoms with van der Waals surface area (Å²) in [5, 5.41) is 19.5. The zero-order valence-electron chi connectivity index (χ0n) is 11.6. The third-order valence-electron chi connectivity index (χ3n) is 3.03. The molecule has 0 aliphatic rings. The zero-order valence-corrected chi connectivity index (χ0v) is 12.7. The molecule has 16 heavy (non-hydrogen) atoms. The van der Waals surface area contributed by atoms with E-state index in [4.69, 9.17) is 4.43 Å². The molecule has 2 N–H and O–H groups in total. The molecule has 0 aromatic rings. The number of hydrogen-bond donors (Lipinski definition) is 2. The normalized spacial score (nSPS) is 16.3. The van der Waals surface area contributed by atoms with Gasteiger partial charge in [-0.25, -0.2) is 0 Å². The quantitative estimate of drug-likeness (QED) is 0.704. The van der Waals surface area contributed by atoms with E-state index in [0.717, 1.165) is 12.8 Å². The van der Waals surface area contributed by atoms with Gasteiger partial charge in [-0.2, -0.15) is 0 Å². The van der Waals surface area contributed by atoms with E-state index in [9.17, 15) is 10.0 Å². The minimum absolute atomic E-state index is 0.270. The minimum atomic E-state index is -1.41. The molecule has 0 aliphatic carbocycles. The van der Waals surface area contributed by atoms with E-state index in [1.165, 1.54) is 0 Å². The topological polar surface area (TPSA) is 49.7 Å². The lowest BCUT2D eigenvalue weighted by Crippen LogP contribution is -2.59. The third kappa shape index (κ3) is 3.87. The first-order valence-corrected chi connectivity index (χ1v) is 8.99. The van der Waals surface area contributed by atoms with Crippen molar-refractivity contribution >= 4 is 16.2 Å². The molecule has 1 atom stereocenters. The van der Waals surface area contributed by atoms with Gasteiger partial charge >= 0.3 is 7.12 Å². The Kier molecular flexibility index (Phi) is 6.25. The molecule has 0 spiro atoms. The van der Waals surface area contributed by atoms with E-state index in [2.05, 4.69) is 20.0 Å². The van der Waals surface area contributed by atoms with E-state index >= 15 is 0 Å². The second kappa shape index (κ2) is 6.19. The maximum atomic E-state index is 9.73. The van der Waals surface area contributed by atoms with E-state index < -0.39 is 21.7 Å². The van der Waals surface area contributed by atoms with Crippen LogP contribution in [0.25, 0.3) is 0 Å². The van der Waals surface area contributed by atoms with Gasteiger partial charge in [0.1, 0.15) is 0 Å². The van der Waals surface area contributed by atoms with Crippen LogP contribution in [0.5, 0.6) is 0 Å². The van der Waals surface area contributed by atoms with Gasteiger partial charge in [-0.15, -0.1) is 0 Å².